The fourth-order valence-electron chi connectivity index (χ4n) is 4.16. The molecule has 1 aliphatic carbocycles. The van der Waals surface area contributed by atoms with Gasteiger partial charge in [-0.2, -0.15) is 5.10 Å². The minimum Gasteiger partial charge on any atom is -0.273 e. The second-order valence-electron chi connectivity index (χ2n) is 7.77. The van der Waals surface area contributed by atoms with Crippen molar-refractivity contribution in [2.75, 3.05) is 0 Å². The Hall–Kier alpha value is -2.68. The number of carbonyl (C=O) groups is 1. The van der Waals surface area contributed by atoms with Gasteiger partial charge in [-0.15, -0.1) is 0 Å². The van der Waals surface area contributed by atoms with E-state index in [1.807, 2.05) is 0 Å². The fourth-order valence-corrected chi connectivity index (χ4v) is 4.16. The van der Waals surface area contributed by atoms with Crippen molar-refractivity contribution in [3.63, 3.8) is 0 Å². The standard InChI is InChI=1S/C23H24N2O/c1-16-8-10-19(11-9-16)22-15-23(3,25(24-22)17(2)26)14-18-12-20-6-4-5-7-21(20)13-18/h4-12H,13-15H2,1-3H3. The number of aryl methyl sites for hydroxylation is 1. The zero-order chi connectivity index (χ0) is 18.3. The number of benzene rings is 2. The Morgan fingerprint density at radius 3 is 2.58 bits per heavy atom. The van der Waals surface area contributed by atoms with E-state index in [9.17, 15) is 4.79 Å². The molecule has 1 heterocycles. The summed E-state index contributed by atoms with van der Waals surface area (Å²) < 4.78 is 0. The van der Waals surface area contributed by atoms with E-state index >= 15 is 0 Å². The van der Waals surface area contributed by atoms with Crippen molar-refractivity contribution < 1.29 is 4.79 Å². The molecule has 0 N–H and O–H groups in total. The maximum Gasteiger partial charge on any atom is 0.240 e. The number of rotatable bonds is 3. The predicted octanol–water partition coefficient (Wildman–Crippen LogP) is 4.74. The van der Waals surface area contributed by atoms with Crippen LogP contribution < -0.4 is 0 Å². The van der Waals surface area contributed by atoms with Gasteiger partial charge in [-0.3, -0.25) is 4.79 Å². The third-order valence-corrected chi connectivity index (χ3v) is 5.40. The largest absolute Gasteiger partial charge is 0.273 e. The summed E-state index contributed by atoms with van der Waals surface area (Å²) in [4.78, 5) is 12.3. The third kappa shape index (κ3) is 2.98. The zero-order valence-corrected chi connectivity index (χ0v) is 15.6. The number of hydrazone groups is 1. The molecular weight excluding hydrogens is 320 g/mol. The zero-order valence-electron chi connectivity index (χ0n) is 15.6. The maximum atomic E-state index is 12.3. The molecular formula is C23H24N2O. The van der Waals surface area contributed by atoms with E-state index < -0.39 is 0 Å². The van der Waals surface area contributed by atoms with Crippen molar-refractivity contribution in [2.45, 2.75) is 45.6 Å². The molecule has 2 aromatic carbocycles. The van der Waals surface area contributed by atoms with Crippen molar-refractivity contribution in [3.8, 4) is 0 Å². The van der Waals surface area contributed by atoms with Gasteiger partial charge >= 0.3 is 0 Å². The van der Waals surface area contributed by atoms with Gasteiger partial charge in [-0.25, -0.2) is 5.01 Å². The molecule has 0 saturated carbocycles. The number of amides is 1. The van der Waals surface area contributed by atoms with E-state index in [1.54, 1.807) is 11.9 Å². The van der Waals surface area contributed by atoms with E-state index in [0.29, 0.717) is 0 Å². The summed E-state index contributed by atoms with van der Waals surface area (Å²) in [5.74, 6) is 0.00530. The Labute approximate surface area is 155 Å². The lowest BCUT2D eigenvalue weighted by molar-refractivity contribution is -0.133. The summed E-state index contributed by atoms with van der Waals surface area (Å²) in [5, 5.41) is 6.41. The molecule has 3 nitrogen and oxygen atoms in total. The van der Waals surface area contributed by atoms with Crippen LogP contribution in [0.25, 0.3) is 6.08 Å². The number of hydrogen-bond donors (Lipinski definition) is 0. The lowest BCUT2D eigenvalue weighted by Crippen LogP contribution is -2.42. The minimum absolute atomic E-state index is 0.00530. The number of fused-ring (bicyclic) bond motifs is 1. The van der Waals surface area contributed by atoms with Crippen molar-refractivity contribution >= 4 is 17.7 Å². The molecule has 3 heteroatoms. The van der Waals surface area contributed by atoms with Crippen LogP contribution in [0, 0.1) is 6.92 Å². The topological polar surface area (TPSA) is 32.7 Å². The van der Waals surface area contributed by atoms with Gasteiger partial charge in [-0.05, 0) is 43.4 Å². The van der Waals surface area contributed by atoms with Crippen LogP contribution in [0.5, 0.6) is 0 Å². The van der Waals surface area contributed by atoms with Crippen molar-refractivity contribution in [1.29, 1.82) is 0 Å². The van der Waals surface area contributed by atoms with Crippen LogP contribution >= 0.6 is 0 Å². The average Bonchev–Trinajstić information content (AvgIpc) is 3.16. The van der Waals surface area contributed by atoms with E-state index in [1.165, 1.54) is 22.3 Å². The van der Waals surface area contributed by atoms with Gasteiger partial charge in [0.2, 0.25) is 5.91 Å². The lowest BCUT2D eigenvalue weighted by Gasteiger charge is -2.32. The van der Waals surface area contributed by atoms with Gasteiger partial charge < -0.3 is 0 Å². The number of carbonyl (C=O) groups excluding carboxylic acids is 1. The van der Waals surface area contributed by atoms with E-state index in [4.69, 9.17) is 5.10 Å². The molecule has 1 unspecified atom stereocenters. The molecule has 26 heavy (non-hydrogen) atoms. The average molecular weight is 344 g/mol. The summed E-state index contributed by atoms with van der Waals surface area (Å²) in [5.41, 5.74) is 7.08. The molecule has 1 amide bonds. The Morgan fingerprint density at radius 1 is 1.15 bits per heavy atom. The first kappa shape index (κ1) is 16.8. The molecule has 2 aliphatic rings. The van der Waals surface area contributed by atoms with Crippen LogP contribution in [-0.2, 0) is 11.2 Å². The summed E-state index contributed by atoms with van der Waals surface area (Å²) in [6.07, 6.45) is 4.88. The molecule has 4 rings (SSSR count). The van der Waals surface area contributed by atoms with E-state index in [2.05, 4.69) is 68.5 Å². The molecule has 0 aromatic heterocycles. The van der Waals surface area contributed by atoms with Gasteiger partial charge in [0, 0.05) is 13.3 Å². The lowest BCUT2D eigenvalue weighted by atomic mass is 9.86. The highest BCUT2D eigenvalue weighted by atomic mass is 16.2. The second-order valence-corrected chi connectivity index (χ2v) is 7.77. The molecule has 0 saturated heterocycles. The van der Waals surface area contributed by atoms with Gasteiger partial charge in [-0.1, -0.05) is 65.7 Å². The van der Waals surface area contributed by atoms with Gasteiger partial charge in [0.15, 0.2) is 0 Å². The normalized spacial score (nSPS) is 21.4. The quantitative estimate of drug-likeness (QED) is 0.791. The second kappa shape index (κ2) is 6.24. The third-order valence-electron chi connectivity index (χ3n) is 5.40. The summed E-state index contributed by atoms with van der Waals surface area (Å²) >= 11 is 0. The predicted molar refractivity (Wildman–Crippen MR) is 106 cm³/mol. The minimum atomic E-state index is -0.306. The highest BCUT2D eigenvalue weighted by molar-refractivity contribution is 6.03. The Balaban J connectivity index is 1.59. The first-order chi connectivity index (χ1) is 12.4. The summed E-state index contributed by atoms with van der Waals surface area (Å²) in [6.45, 7) is 5.84. The SMILES string of the molecule is CC(=O)N1N=C(c2ccc(C)cc2)CC1(C)CC1=Cc2ccccc2C1. The van der Waals surface area contributed by atoms with Crippen molar-refractivity contribution in [2.24, 2.45) is 5.10 Å². The van der Waals surface area contributed by atoms with Crippen LogP contribution in [-0.4, -0.2) is 22.2 Å². The maximum absolute atomic E-state index is 12.3. The van der Waals surface area contributed by atoms with E-state index in [0.717, 1.165) is 30.5 Å². The Kier molecular flexibility index (Phi) is 4.03. The Morgan fingerprint density at radius 2 is 1.88 bits per heavy atom. The molecule has 0 spiro atoms. The van der Waals surface area contributed by atoms with Crippen LogP contribution in [0.1, 0.15) is 48.9 Å². The number of nitrogens with zero attached hydrogens (tertiary/aromatic N) is 2. The van der Waals surface area contributed by atoms with Crippen molar-refractivity contribution in [1.82, 2.24) is 5.01 Å². The van der Waals surface area contributed by atoms with Crippen molar-refractivity contribution in [3.05, 3.63) is 76.4 Å². The van der Waals surface area contributed by atoms with Crippen LogP contribution in [0.3, 0.4) is 0 Å². The Bertz CT molecular complexity index is 923. The van der Waals surface area contributed by atoms with Gasteiger partial charge in [0.05, 0.1) is 11.3 Å². The molecule has 0 bridgehead atoms. The molecule has 2 aromatic rings. The van der Waals surface area contributed by atoms with Crippen LogP contribution in [0.2, 0.25) is 0 Å². The van der Waals surface area contributed by atoms with Gasteiger partial charge in [0.25, 0.3) is 0 Å². The monoisotopic (exact) mass is 344 g/mol. The highest BCUT2D eigenvalue weighted by Gasteiger charge is 2.41. The molecule has 0 fully saturated rings. The fraction of sp³-hybridized carbons (Fsp3) is 0.304. The highest BCUT2D eigenvalue weighted by Crippen LogP contribution is 2.38. The molecule has 1 atom stereocenters. The summed E-state index contributed by atoms with van der Waals surface area (Å²) in [7, 11) is 0. The van der Waals surface area contributed by atoms with Crippen LogP contribution in [0.4, 0.5) is 0 Å². The van der Waals surface area contributed by atoms with E-state index in [-0.39, 0.29) is 11.4 Å². The molecule has 1 aliphatic heterocycles. The van der Waals surface area contributed by atoms with Crippen LogP contribution in [0.15, 0.2) is 59.2 Å². The molecule has 0 radical (unpaired) electrons. The first-order valence-corrected chi connectivity index (χ1v) is 9.17. The number of hydrogen-bond acceptors (Lipinski definition) is 2. The van der Waals surface area contributed by atoms with Gasteiger partial charge in [0.1, 0.15) is 0 Å². The summed E-state index contributed by atoms with van der Waals surface area (Å²) in [6, 6.07) is 16.9. The smallest absolute Gasteiger partial charge is 0.240 e. The molecule has 132 valence electrons. The first-order valence-electron chi connectivity index (χ1n) is 9.17.